The maximum Gasteiger partial charge on any atom is 0.109 e. The van der Waals surface area contributed by atoms with Gasteiger partial charge in [-0.05, 0) is 43.9 Å². The molecule has 1 aliphatic carbocycles. The first-order chi connectivity index (χ1) is 8.05. The van der Waals surface area contributed by atoms with Crippen LogP contribution >= 0.6 is 0 Å². The number of nitrogens with one attached hydrogen (secondary N) is 1. The van der Waals surface area contributed by atoms with Crippen LogP contribution in [0.15, 0.2) is 22.8 Å². The molecule has 0 amide bonds. The third kappa shape index (κ3) is 2.42. The normalized spacial score (nSPS) is 30.5. The standard InChI is InChI=1S/C15H25NO/c1-11-7-8-12(13(10-11)16-4)15(2,3)14-6-5-9-17-14/h5-6,9,11-13,16H,7-8,10H2,1-4H3. The second-order valence-corrected chi connectivity index (χ2v) is 6.12. The predicted octanol–water partition coefficient (Wildman–Crippen LogP) is 3.58. The fourth-order valence-corrected chi connectivity index (χ4v) is 3.39. The van der Waals surface area contributed by atoms with Gasteiger partial charge in [0.2, 0.25) is 0 Å². The van der Waals surface area contributed by atoms with Gasteiger partial charge in [-0.2, -0.15) is 0 Å². The van der Waals surface area contributed by atoms with Gasteiger partial charge in [0, 0.05) is 11.5 Å². The molecule has 2 rings (SSSR count). The smallest absolute Gasteiger partial charge is 0.109 e. The van der Waals surface area contributed by atoms with Crippen LogP contribution in [0.1, 0.15) is 45.8 Å². The Morgan fingerprint density at radius 2 is 2.12 bits per heavy atom. The minimum Gasteiger partial charge on any atom is -0.469 e. The van der Waals surface area contributed by atoms with E-state index in [1.807, 2.05) is 6.07 Å². The fourth-order valence-electron chi connectivity index (χ4n) is 3.39. The molecule has 0 aromatic carbocycles. The Labute approximate surface area is 105 Å². The van der Waals surface area contributed by atoms with E-state index < -0.39 is 0 Å². The van der Waals surface area contributed by atoms with Crippen LogP contribution in [-0.4, -0.2) is 13.1 Å². The Balaban J connectivity index is 2.20. The molecule has 0 radical (unpaired) electrons. The van der Waals surface area contributed by atoms with Gasteiger partial charge in [-0.1, -0.05) is 27.2 Å². The average Bonchev–Trinajstić information content (AvgIpc) is 2.82. The number of rotatable bonds is 3. The van der Waals surface area contributed by atoms with Gasteiger partial charge in [0.25, 0.3) is 0 Å². The van der Waals surface area contributed by atoms with Crippen LogP contribution in [-0.2, 0) is 5.41 Å². The lowest BCUT2D eigenvalue weighted by Crippen LogP contribution is -2.47. The number of furan rings is 1. The summed E-state index contributed by atoms with van der Waals surface area (Å²) in [5, 5.41) is 3.51. The SMILES string of the molecule is CNC1CC(C)CCC1C(C)(C)c1ccco1. The lowest BCUT2D eigenvalue weighted by Gasteiger charge is -2.43. The van der Waals surface area contributed by atoms with Crippen LogP contribution in [0.5, 0.6) is 0 Å². The van der Waals surface area contributed by atoms with E-state index in [2.05, 4.69) is 39.2 Å². The van der Waals surface area contributed by atoms with Crippen molar-refractivity contribution < 1.29 is 4.42 Å². The fraction of sp³-hybridized carbons (Fsp3) is 0.733. The van der Waals surface area contributed by atoms with Crippen molar-refractivity contribution in [3.05, 3.63) is 24.2 Å². The van der Waals surface area contributed by atoms with Crippen molar-refractivity contribution >= 4 is 0 Å². The highest BCUT2D eigenvalue weighted by Crippen LogP contribution is 2.42. The van der Waals surface area contributed by atoms with E-state index in [4.69, 9.17) is 4.42 Å². The molecule has 1 fully saturated rings. The highest BCUT2D eigenvalue weighted by atomic mass is 16.3. The third-order valence-corrected chi connectivity index (χ3v) is 4.57. The van der Waals surface area contributed by atoms with Crippen LogP contribution < -0.4 is 5.32 Å². The van der Waals surface area contributed by atoms with Crippen LogP contribution in [0.3, 0.4) is 0 Å². The molecule has 0 bridgehead atoms. The van der Waals surface area contributed by atoms with E-state index in [1.165, 1.54) is 19.3 Å². The lowest BCUT2D eigenvalue weighted by molar-refractivity contribution is 0.135. The van der Waals surface area contributed by atoms with Crippen LogP contribution in [0.2, 0.25) is 0 Å². The second kappa shape index (κ2) is 4.85. The second-order valence-electron chi connectivity index (χ2n) is 6.12. The summed E-state index contributed by atoms with van der Waals surface area (Å²) in [6.07, 6.45) is 5.70. The largest absolute Gasteiger partial charge is 0.469 e. The zero-order chi connectivity index (χ0) is 12.5. The van der Waals surface area contributed by atoms with E-state index in [1.54, 1.807) is 6.26 Å². The summed E-state index contributed by atoms with van der Waals surface area (Å²) in [4.78, 5) is 0. The first-order valence-corrected chi connectivity index (χ1v) is 6.77. The molecule has 1 aromatic heterocycles. The molecule has 0 aliphatic heterocycles. The van der Waals surface area contributed by atoms with Crippen molar-refractivity contribution in [1.29, 1.82) is 0 Å². The van der Waals surface area contributed by atoms with Crippen LogP contribution in [0.25, 0.3) is 0 Å². The van der Waals surface area contributed by atoms with Gasteiger partial charge in [-0.15, -0.1) is 0 Å². The molecule has 1 aromatic rings. The molecule has 17 heavy (non-hydrogen) atoms. The summed E-state index contributed by atoms with van der Waals surface area (Å²) < 4.78 is 5.64. The highest BCUT2D eigenvalue weighted by Gasteiger charge is 2.40. The van der Waals surface area contributed by atoms with Crippen LogP contribution in [0.4, 0.5) is 0 Å². The Morgan fingerprint density at radius 3 is 2.71 bits per heavy atom. The van der Waals surface area contributed by atoms with Crippen molar-refractivity contribution in [3.63, 3.8) is 0 Å². The molecule has 2 heteroatoms. The Hall–Kier alpha value is -0.760. The quantitative estimate of drug-likeness (QED) is 0.866. The zero-order valence-electron chi connectivity index (χ0n) is 11.5. The molecule has 96 valence electrons. The minimum absolute atomic E-state index is 0.122. The van der Waals surface area contributed by atoms with Crippen molar-refractivity contribution in [3.8, 4) is 0 Å². The van der Waals surface area contributed by atoms with Gasteiger partial charge in [0.15, 0.2) is 0 Å². The zero-order valence-corrected chi connectivity index (χ0v) is 11.5. The molecular weight excluding hydrogens is 210 g/mol. The maximum absolute atomic E-state index is 5.64. The summed E-state index contributed by atoms with van der Waals surface area (Å²) in [7, 11) is 2.09. The van der Waals surface area contributed by atoms with Gasteiger partial charge in [0.05, 0.1) is 6.26 Å². The van der Waals surface area contributed by atoms with E-state index in [9.17, 15) is 0 Å². The van der Waals surface area contributed by atoms with Gasteiger partial charge < -0.3 is 9.73 Å². The Morgan fingerprint density at radius 1 is 1.35 bits per heavy atom. The van der Waals surface area contributed by atoms with E-state index in [0.29, 0.717) is 12.0 Å². The predicted molar refractivity (Wildman–Crippen MR) is 71.1 cm³/mol. The summed E-state index contributed by atoms with van der Waals surface area (Å²) in [5.74, 6) is 2.63. The minimum atomic E-state index is 0.122. The molecule has 1 aliphatic rings. The molecule has 2 nitrogen and oxygen atoms in total. The highest BCUT2D eigenvalue weighted by molar-refractivity contribution is 5.15. The van der Waals surface area contributed by atoms with E-state index in [0.717, 1.165) is 11.7 Å². The van der Waals surface area contributed by atoms with Crippen LogP contribution in [0, 0.1) is 11.8 Å². The molecular formula is C15H25NO. The summed E-state index contributed by atoms with van der Waals surface area (Å²) in [6, 6.07) is 4.72. The topological polar surface area (TPSA) is 25.2 Å². The number of hydrogen-bond donors (Lipinski definition) is 1. The maximum atomic E-state index is 5.64. The van der Waals surface area contributed by atoms with Crippen molar-refractivity contribution in [2.45, 2.75) is 51.5 Å². The molecule has 0 saturated heterocycles. The van der Waals surface area contributed by atoms with Crippen molar-refractivity contribution in [2.24, 2.45) is 11.8 Å². The van der Waals surface area contributed by atoms with Gasteiger partial charge in [-0.3, -0.25) is 0 Å². The first-order valence-electron chi connectivity index (χ1n) is 6.77. The molecule has 3 atom stereocenters. The first kappa shape index (κ1) is 12.7. The molecule has 1 N–H and O–H groups in total. The summed E-state index contributed by atoms with van der Waals surface area (Å²) >= 11 is 0. The monoisotopic (exact) mass is 235 g/mol. The Kier molecular flexibility index (Phi) is 3.62. The summed E-state index contributed by atoms with van der Waals surface area (Å²) in [5.41, 5.74) is 0.122. The van der Waals surface area contributed by atoms with Crippen molar-refractivity contribution in [1.82, 2.24) is 5.32 Å². The Bertz CT molecular complexity index is 342. The van der Waals surface area contributed by atoms with Crippen molar-refractivity contribution in [2.75, 3.05) is 7.05 Å². The number of hydrogen-bond acceptors (Lipinski definition) is 2. The van der Waals surface area contributed by atoms with E-state index >= 15 is 0 Å². The van der Waals surface area contributed by atoms with Gasteiger partial charge in [-0.25, -0.2) is 0 Å². The third-order valence-electron chi connectivity index (χ3n) is 4.57. The molecule has 3 unspecified atom stereocenters. The molecule has 0 spiro atoms. The van der Waals surface area contributed by atoms with Gasteiger partial charge >= 0.3 is 0 Å². The van der Waals surface area contributed by atoms with Gasteiger partial charge in [0.1, 0.15) is 5.76 Å². The van der Waals surface area contributed by atoms with E-state index in [-0.39, 0.29) is 5.41 Å². The molecule has 1 saturated carbocycles. The average molecular weight is 235 g/mol. The lowest BCUT2D eigenvalue weighted by atomic mass is 9.65. The summed E-state index contributed by atoms with van der Waals surface area (Å²) in [6.45, 7) is 6.99. The molecule has 1 heterocycles.